The van der Waals surface area contributed by atoms with E-state index < -0.39 is 0 Å². The molecule has 34 heavy (non-hydrogen) atoms. The van der Waals surface area contributed by atoms with Gasteiger partial charge in [-0.3, -0.25) is 10.9 Å². The first-order valence-corrected chi connectivity index (χ1v) is 12.6. The highest BCUT2D eigenvalue weighted by Gasteiger charge is 2.22. The van der Waals surface area contributed by atoms with E-state index in [2.05, 4.69) is 44.2 Å². The van der Waals surface area contributed by atoms with Crippen molar-refractivity contribution in [3.8, 4) is 0 Å². The van der Waals surface area contributed by atoms with E-state index in [0.29, 0.717) is 35.6 Å². The molecule has 0 saturated heterocycles. The van der Waals surface area contributed by atoms with Crippen molar-refractivity contribution in [1.29, 1.82) is 0 Å². The molecule has 0 spiro atoms. The van der Waals surface area contributed by atoms with Gasteiger partial charge in [0.1, 0.15) is 17.3 Å². The molecule has 1 fully saturated rings. The molecule has 1 aromatic carbocycles. The molecule has 188 valence electrons. The molecule has 0 amide bonds. The van der Waals surface area contributed by atoms with Gasteiger partial charge in [0.15, 0.2) is 5.84 Å². The van der Waals surface area contributed by atoms with Crippen molar-refractivity contribution in [3.63, 3.8) is 0 Å². The lowest BCUT2D eigenvalue weighted by Crippen LogP contribution is -2.33. The summed E-state index contributed by atoms with van der Waals surface area (Å²) in [5, 5.41) is 3.22. The molecular formula is C26H42FN7. The summed E-state index contributed by atoms with van der Waals surface area (Å²) in [6, 6.07) is 7.11. The second-order valence-electron chi connectivity index (χ2n) is 8.43. The lowest BCUT2D eigenvalue weighted by atomic mass is 10.1. The summed E-state index contributed by atoms with van der Waals surface area (Å²) in [6.07, 6.45) is 9.59. The molecule has 0 bridgehead atoms. The van der Waals surface area contributed by atoms with Crippen molar-refractivity contribution in [2.75, 3.05) is 12.0 Å². The maximum atomic E-state index is 14.1. The van der Waals surface area contributed by atoms with Crippen molar-refractivity contribution in [2.24, 2.45) is 10.7 Å². The Morgan fingerprint density at radius 3 is 2.65 bits per heavy atom. The first-order valence-electron chi connectivity index (χ1n) is 12.6. The zero-order chi connectivity index (χ0) is 24.9. The van der Waals surface area contributed by atoms with Crippen LogP contribution in [-0.2, 0) is 0 Å². The summed E-state index contributed by atoms with van der Waals surface area (Å²) in [5.74, 6) is 0.633. The van der Waals surface area contributed by atoms with E-state index in [1.54, 1.807) is 18.2 Å². The Bertz CT molecular complexity index is 916. The van der Waals surface area contributed by atoms with E-state index in [1.807, 2.05) is 27.1 Å². The van der Waals surface area contributed by atoms with Crippen LogP contribution in [0.15, 0.2) is 48.0 Å². The average molecular weight is 472 g/mol. The zero-order valence-electron chi connectivity index (χ0n) is 21.2. The molecule has 2 aromatic rings. The average Bonchev–Trinajstić information content (AvgIpc) is 3.49. The van der Waals surface area contributed by atoms with Gasteiger partial charge >= 0.3 is 0 Å². The number of amidine groups is 1. The van der Waals surface area contributed by atoms with E-state index >= 15 is 0 Å². The number of aromatic nitrogens is 2. The van der Waals surface area contributed by atoms with Gasteiger partial charge < -0.3 is 15.6 Å². The van der Waals surface area contributed by atoms with Gasteiger partial charge in [-0.05, 0) is 44.7 Å². The minimum absolute atomic E-state index is 0.161. The SMILES string of the molecule is C=C(/N=C(/NNc1ccccc1F)c1ncn(C2CCCC2)c1C)NCCC(N)CCC.CC. The number of nitrogens with zero attached hydrogens (tertiary/aromatic N) is 3. The number of anilines is 1. The van der Waals surface area contributed by atoms with Gasteiger partial charge in [0.05, 0.1) is 12.0 Å². The van der Waals surface area contributed by atoms with Crippen molar-refractivity contribution >= 4 is 11.5 Å². The van der Waals surface area contributed by atoms with Crippen molar-refractivity contribution in [3.05, 3.63) is 60.2 Å². The minimum Gasteiger partial charge on any atom is -0.370 e. The van der Waals surface area contributed by atoms with Gasteiger partial charge in [0.25, 0.3) is 0 Å². The van der Waals surface area contributed by atoms with Crippen LogP contribution < -0.4 is 21.9 Å². The number of rotatable bonds is 11. The summed E-state index contributed by atoms with van der Waals surface area (Å²) in [4.78, 5) is 9.26. The molecule has 1 aliphatic carbocycles. The Labute approximate surface area is 204 Å². The first kappa shape index (κ1) is 27.4. The normalized spacial score (nSPS) is 14.8. The number of hydrogen-bond acceptors (Lipinski definition) is 5. The quantitative estimate of drug-likeness (QED) is 0.200. The topological polar surface area (TPSA) is 92.3 Å². The third-order valence-electron chi connectivity index (χ3n) is 5.92. The largest absolute Gasteiger partial charge is 0.370 e. The number of para-hydroxylation sites is 1. The summed E-state index contributed by atoms with van der Waals surface area (Å²) in [6.45, 7) is 12.9. The van der Waals surface area contributed by atoms with Gasteiger partial charge in [-0.1, -0.05) is 58.7 Å². The maximum absolute atomic E-state index is 14.1. The fraction of sp³-hybridized carbons (Fsp3) is 0.538. The molecule has 1 saturated carbocycles. The van der Waals surface area contributed by atoms with Crippen LogP contribution in [0.1, 0.15) is 83.1 Å². The van der Waals surface area contributed by atoms with Crippen molar-refractivity contribution in [1.82, 2.24) is 20.3 Å². The predicted octanol–water partition coefficient (Wildman–Crippen LogP) is 5.41. The highest BCUT2D eigenvalue weighted by Crippen LogP contribution is 2.31. The molecule has 5 N–H and O–H groups in total. The van der Waals surface area contributed by atoms with Gasteiger partial charge in [-0.2, -0.15) is 0 Å². The van der Waals surface area contributed by atoms with E-state index in [1.165, 1.54) is 18.9 Å². The number of imidazole rings is 1. The van der Waals surface area contributed by atoms with E-state index in [4.69, 9.17) is 5.73 Å². The van der Waals surface area contributed by atoms with Crippen LogP contribution in [-0.4, -0.2) is 28.0 Å². The molecule has 1 aromatic heterocycles. The van der Waals surface area contributed by atoms with Crippen LogP contribution in [0, 0.1) is 12.7 Å². The Kier molecular flexibility index (Phi) is 11.6. The number of aliphatic imine (C=N–C) groups is 1. The molecule has 1 heterocycles. The molecule has 1 atom stereocenters. The van der Waals surface area contributed by atoms with Crippen LogP contribution >= 0.6 is 0 Å². The van der Waals surface area contributed by atoms with Gasteiger partial charge in [-0.15, -0.1) is 0 Å². The van der Waals surface area contributed by atoms with Gasteiger partial charge in [-0.25, -0.2) is 14.4 Å². The number of nitrogens with one attached hydrogen (secondary N) is 3. The Morgan fingerprint density at radius 1 is 1.26 bits per heavy atom. The number of hydrogen-bond donors (Lipinski definition) is 4. The Morgan fingerprint density at radius 2 is 1.97 bits per heavy atom. The van der Waals surface area contributed by atoms with E-state index in [9.17, 15) is 4.39 Å². The van der Waals surface area contributed by atoms with Crippen LogP contribution in [0.2, 0.25) is 0 Å². The monoisotopic (exact) mass is 471 g/mol. The maximum Gasteiger partial charge on any atom is 0.174 e. The summed E-state index contributed by atoms with van der Waals surface area (Å²) < 4.78 is 16.3. The minimum atomic E-state index is -0.352. The second kappa shape index (κ2) is 14.4. The molecule has 1 aliphatic rings. The first-order chi connectivity index (χ1) is 16.5. The lowest BCUT2D eigenvalue weighted by molar-refractivity contribution is 0.508. The van der Waals surface area contributed by atoms with E-state index in [-0.39, 0.29) is 11.9 Å². The second-order valence-corrected chi connectivity index (χ2v) is 8.43. The summed E-state index contributed by atoms with van der Waals surface area (Å²) >= 11 is 0. The smallest absolute Gasteiger partial charge is 0.174 e. The van der Waals surface area contributed by atoms with Crippen molar-refractivity contribution < 1.29 is 4.39 Å². The lowest BCUT2D eigenvalue weighted by Gasteiger charge is -2.16. The van der Waals surface area contributed by atoms with Crippen LogP contribution in [0.4, 0.5) is 10.1 Å². The summed E-state index contributed by atoms with van der Waals surface area (Å²) in [5.41, 5.74) is 14.1. The third-order valence-corrected chi connectivity index (χ3v) is 5.92. The van der Waals surface area contributed by atoms with Gasteiger partial charge in [0.2, 0.25) is 0 Å². The number of nitrogens with two attached hydrogens (primary N) is 1. The van der Waals surface area contributed by atoms with Crippen LogP contribution in [0.25, 0.3) is 0 Å². The molecule has 0 aliphatic heterocycles. The zero-order valence-corrected chi connectivity index (χ0v) is 21.2. The van der Waals surface area contributed by atoms with Crippen molar-refractivity contribution in [2.45, 2.75) is 84.7 Å². The molecule has 8 heteroatoms. The molecular weight excluding hydrogens is 429 g/mol. The highest BCUT2D eigenvalue weighted by atomic mass is 19.1. The van der Waals surface area contributed by atoms with E-state index in [0.717, 1.165) is 37.8 Å². The Hall–Kier alpha value is -2.87. The standard InChI is InChI=1S/C24H36FN7.C2H6/c1-4-9-19(26)14-15-27-18(3)29-24(31-30-22-13-8-7-12-21(22)25)23-17(2)32(16-28-23)20-10-5-6-11-20;1-2/h7-8,12-13,16,19-20,27,30H,3-6,9-11,14-15,26H2,1-2H3,(H,29,31);1-2H3. The van der Waals surface area contributed by atoms with Crippen LogP contribution in [0.3, 0.4) is 0 Å². The number of halogens is 1. The van der Waals surface area contributed by atoms with Gasteiger partial charge in [0, 0.05) is 24.3 Å². The molecule has 1 unspecified atom stereocenters. The number of benzene rings is 1. The molecule has 0 radical (unpaired) electrons. The number of hydrazine groups is 1. The molecule has 3 rings (SSSR count). The summed E-state index contributed by atoms with van der Waals surface area (Å²) in [7, 11) is 0. The van der Waals surface area contributed by atoms with Crippen LogP contribution in [0.5, 0.6) is 0 Å². The Balaban J connectivity index is 0.00000199. The predicted molar refractivity (Wildman–Crippen MR) is 140 cm³/mol. The molecule has 7 nitrogen and oxygen atoms in total. The highest BCUT2D eigenvalue weighted by molar-refractivity contribution is 5.99. The fourth-order valence-corrected chi connectivity index (χ4v) is 4.13. The third kappa shape index (κ3) is 7.87. The fourth-order valence-electron chi connectivity index (χ4n) is 4.13.